The molecule has 2 atom stereocenters. The Morgan fingerprint density at radius 1 is 1.11 bits per heavy atom. The van der Waals surface area contributed by atoms with Crippen molar-refractivity contribution in [3.05, 3.63) is 0 Å². The van der Waals surface area contributed by atoms with Crippen LogP contribution in [0.2, 0.25) is 0 Å². The minimum absolute atomic E-state index is 0.00454. The summed E-state index contributed by atoms with van der Waals surface area (Å²) in [6.45, 7) is 2.81. The van der Waals surface area contributed by atoms with Gasteiger partial charge in [-0.3, -0.25) is 0 Å². The number of urea groups is 1. The number of rotatable bonds is 0. The van der Waals surface area contributed by atoms with Crippen molar-refractivity contribution in [1.82, 2.24) is 9.80 Å². The Morgan fingerprint density at radius 2 is 1.84 bits per heavy atom. The van der Waals surface area contributed by atoms with E-state index in [1.54, 1.807) is 4.90 Å². The van der Waals surface area contributed by atoms with Gasteiger partial charge in [-0.05, 0) is 12.8 Å². The lowest BCUT2D eigenvalue weighted by atomic mass is 9.92. The molecule has 0 radical (unpaired) electrons. The number of ether oxygens (including phenoxy) is 1. The standard InChI is InChI=1S/C12H20N2O4S/c15-12(13-4-6-19(16,17)7-5-13)14-3-1-2-10-8-18-9-11(10)14/h10-11H,1-9H2/t10-,11+/m1/s1. The number of fused-ring (bicyclic) bond motifs is 1. The van der Waals surface area contributed by atoms with Gasteiger partial charge in [0.2, 0.25) is 0 Å². The van der Waals surface area contributed by atoms with Gasteiger partial charge in [-0.25, -0.2) is 13.2 Å². The number of carbonyl (C=O) groups excluding carboxylic acids is 1. The minimum atomic E-state index is -2.93. The molecule has 0 saturated carbocycles. The number of hydrogen-bond donors (Lipinski definition) is 0. The Morgan fingerprint density at radius 3 is 2.58 bits per heavy atom. The highest BCUT2D eigenvalue weighted by atomic mass is 32.2. The molecular formula is C12H20N2O4S. The van der Waals surface area contributed by atoms with Gasteiger partial charge in [-0.2, -0.15) is 0 Å². The highest BCUT2D eigenvalue weighted by Crippen LogP contribution is 2.29. The Hall–Kier alpha value is -0.820. The summed E-state index contributed by atoms with van der Waals surface area (Å²) in [6, 6.07) is 0.190. The molecule has 3 aliphatic heterocycles. The normalized spacial score (nSPS) is 34.1. The highest BCUT2D eigenvalue weighted by Gasteiger charge is 2.40. The van der Waals surface area contributed by atoms with Gasteiger partial charge in [0.25, 0.3) is 0 Å². The first-order chi connectivity index (χ1) is 9.07. The van der Waals surface area contributed by atoms with Crippen LogP contribution in [0.15, 0.2) is 0 Å². The van der Waals surface area contributed by atoms with Gasteiger partial charge in [-0.1, -0.05) is 0 Å². The SMILES string of the molecule is O=C(N1CCS(=O)(=O)CC1)N1CCC[C@@H]2COC[C@@H]21. The van der Waals surface area contributed by atoms with Crippen molar-refractivity contribution in [2.45, 2.75) is 18.9 Å². The second-order valence-corrected chi connectivity index (χ2v) is 7.93. The van der Waals surface area contributed by atoms with Gasteiger partial charge in [0.15, 0.2) is 9.84 Å². The van der Waals surface area contributed by atoms with Crippen molar-refractivity contribution in [2.75, 3.05) is 44.4 Å². The van der Waals surface area contributed by atoms with Crippen molar-refractivity contribution < 1.29 is 17.9 Å². The van der Waals surface area contributed by atoms with E-state index < -0.39 is 9.84 Å². The topological polar surface area (TPSA) is 66.9 Å². The van der Waals surface area contributed by atoms with Crippen molar-refractivity contribution >= 4 is 15.9 Å². The molecule has 0 aromatic rings. The third-order valence-electron chi connectivity index (χ3n) is 4.40. The Labute approximate surface area is 113 Å². The van der Waals surface area contributed by atoms with E-state index in [9.17, 15) is 13.2 Å². The molecule has 3 aliphatic rings. The van der Waals surface area contributed by atoms with Gasteiger partial charge in [0, 0.05) is 25.6 Å². The highest BCUT2D eigenvalue weighted by molar-refractivity contribution is 7.91. The maximum Gasteiger partial charge on any atom is 0.320 e. The van der Waals surface area contributed by atoms with Crippen molar-refractivity contribution in [3.8, 4) is 0 Å². The molecule has 0 spiro atoms. The second kappa shape index (κ2) is 4.94. The van der Waals surface area contributed by atoms with E-state index in [2.05, 4.69) is 0 Å². The van der Waals surface area contributed by atoms with E-state index in [1.165, 1.54) is 0 Å². The molecule has 6 nitrogen and oxygen atoms in total. The first-order valence-corrected chi connectivity index (χ1v) is 8.73. The summed E-state index contributed by atoms with van der Waals surface area (Å²) >= 11 is 0. The van der Waals surface area contributed by atoms with Gasteiger partial charge in [-0.15, -0.1) is 0 Å². The lowest BCUT2D eigenvalue weighted by Gasteiger charge is -2.40. The maximum atomic E-state index is 12.5. The van der Waals surface area contributed by atoms with Crippen LogP contribution in [0.4, 0.5) is 4.79 Å². The third kappa shape index (κ3) is 2.58. The third-order valence-corrected chi connectivity index (χ3v) is 6.01. The zero-order valence-electron chi connectivity index (χ0n) is 11.0. The van der Waals surface area contributed by atoms with E-state index >= 15 is 0 Å². The average Bonchev–Trinajstić information content (AvgIpc) is 2.86. The monoisotopic (exact) mass is 288 g/mol. The summed E-state index contributed by atoms with van der Waals surface area (Å²) in [6.07, 6.45) is 2.14. The summed E-state index contributed by atoms with van der Waals surface area (Å²) in [5.74, 6) is 0.653. The predicted molar refractivity (Wildman–Crippen MR) is 69.7 cm³/mol. The van der Waals surface area contributed by atoms with Crippen LogP contribution < -0.4 is 0 Å². The maximum absolute atomic E-state index is 12.5. The summed E-state index contributed by atoms with van der Waals surface area (Å²) in [5.41, 5.74) is 0. The molecule has 3 saturated heterocycles. The molecule has 3 heterocycles. The van der Waals surface area contributed by atoms with Gasteiger partial charge in [0.1, 0.15) is 0 Å². The molecular weight excluding hydrogens is 268 g/mol. The molecule has 19 heavy (non-hydrogen) atoms. The van der Waals surface area contributed by atoms with Gasteiger partial charge >= 0.3 is 6.03 Å². The summed E-state index contributed by atoms with van der Waals surface area (Å²) < 4.78 is 28.3. The number of likely N-dealkylation sites (tertiary alicyclic amines) is 1. The van der Waals surface area contributed by atoms with Crippen LogP contribution in [0.25, 0.3) is 0 Å². The van der Waals surface area contributed by atoms with E-state index in [4.69, 9.17) is 4.74 Å². The predicted octanol–water partition coefficient (Wildman–Crippen LogP) is -0.0524. The smallest absolute Gasteiger partial charge is 0.320 e. The quantitative estimate of drug-likeness (QED) is 0.627. The Kier molecular flexibility index (Phi) is 3.42. The van der Waals surface area contributed by atoms with E-state index in [-0.39, 0.29) is 23.6 Å². The fourth-order valence-corrected chi connectivity index (χ4v) is 4.42. The van der Waals surface area contributed by atoms with Crippen LogP contribution in [-0.4, -0.2) is 74.6 Å². The minimum Gasteiger partial charge on any atom is -0.379 e. The van der Waals surface area contributed by atoms with Gasteiger partial charge in [0.05, 0.1) is 30.8 Å². The zero-order chi connectivity index (χ0) is 13.5. The molecule has 2 amide bonds. The zero-order valence-corrected chi connectivity index (χ0v) is 11.8. The van der Waals surface area contributed by atoms with E-state index in [0.717, 1.165) is 26.0 Å². The molecule has 7 heteroatoms. The second-order valence-electron chi connectivity index (χ2n) is 5.62. The lowest BCUT2D eigenvalue weighted by molar-refractivity contribution is 0.103. The fourth-order valence-electron chi connectivity index (χ4n) is 3.22. The van der Waals surface area contributed by atoms with Crippen LogP contribution in [0.1, 0.15) is 12.8 Å². The molecule has 0 N–H and O–H groups in total. The molecule has 108 valence electrons. The summed E-state index contributed by atoms with van der Waals surface area (Å²) in [5, 5.41) is 0. The summed E-state index contributed by atoms with van der Waals surface area (Å²) in [4.78, 5) is 16.1. The Balaban J connectivity index is 1.66. The van der Waals surface area contributed by atoms with Crippen molar-refractivity contribution in [2.24, 2.45) is 5.92 Å². The molecule has 0 bridgehead atoms. The molecule has 0 unspecified atom stereocenters. The first-order valence-electron chi connectivity index (χ1n) is 6.90. The van der Waals surface area contributed by atoms with Crippen molar-refractivity contribution in [3.63, 3.8) is 0 Å². The molecule has 3 fully saturated rings. The molecule has 0 aromatic heterocycles. The number of nitrogens with zero attached hydrogens (tertiary/aromatic N) is 2. The number of amides is 2. The summed E-state index contributed by atoms with van der Waals surface area (Å²) in [7, 11) is -2.93. The molecule has 0 aliphatic carbocycles. The number of hydrogen-bond acceptors (Lipinski definition) is 4. The van der Waals surface area contributed by atoms with Crippen molar-refractivity contribution in [1.29, 1.82) is 0 Å². The van der Waals surface area contributed by atoms with Crippen LogP contribution in [0, 0.1) is 5.92 Å². The number of sulfone groups is 1. The Bertz CT molecular complexity index is 450. The average molecular weight is 288 g/mol. The van der Waals surface area contributed by atoms with Crippen LogP contribution >= 0.6 is 0 Å². The van der Waals surface area contributed by atoms with E-state index in [0.29, 0.717) is 25.6 Å². The van der Waals surface area contributed by atoms with Crippen LogP contribution in [-0.2, 0) is 14.6 Å². The van der Waals surface area contributed by atoms with E-state index in [1.807, 2.05) is 4.90 Å². The number of piperidine rings is 1. The van der Waals surface area contributed by atoms with Crippen LogP contribution in [0.5, 0.6) is 0 Å². The molecule has 3 rings (SSSR count). The largest absolute Gasteiger partial charge is 0.379 e. The molecule has 0 aromatic carbocycles. The van der Waals surface area contributed by atoms with Gasteiger partial charge < -0.3 is 14.5 Å². The lowest BCUT2D eigenvalue weighted by Crippen LogP contribution is -2.56. The number of carbonyl (C=O) groups is 1. The first kappa shape index (κ1) is 13.2. The fraction of sp³-hybridized carbons (Fsp3) is 0.917. The van der Waals surface area contributed by atoms with Crippen LogP contribution in [0.3, 0.4) is 0 Å².